The van der Waals surface area contributed by atoms with Gasteiger partial charge >= 0.3 is 12.1 Å². The number of alkyl carbamates (subject to hydrolysis) is 1. The van der Waals surface area contributed by atoms with Crippen LogP contribution in [0.2, 0.25) is 0 Å². The number of hydrogen-bond acceptors (Lipinski definition) is 5. The van der Waals surface area contributed by atoms with Crippen molar-refractivity contribution in [3.63, 3.8) is 0 Å². The van der Waals surface area contributed by atoms with Crippen LogP contribution < -0.4 is 10.6 Å². The van der Waals surface area contributed by atoms with Crippen molar-refractivity contribution in [2.24, 2.45) is 5.92 Å². The first-order valence-electron chi connectivity index (χ1n) is 11.6. The number of aliphatic carboxylic acids is 1. The van der Waals surface area contributed by atoms with Crippen LogP contribution in [0.4, 0.5) is 4.79 Å². The number of hydrogen-bond donors (Lipinski definition) is 3. The van der Waals surface area contributed by atoms with Crippen LogP contribution in [-0.4, -0.2) is 67.3 Å². The van der Waals surface area contributed by atoms with E-state index in [2.05, 4.69) is 34.9 Å². The predicted molar refractivity (Wildman–Crippen MR) is 127 cm³/mol. The summed E-state index contributed by atoms with van der Waals surface area (Å²) in [6.45, 7) is 0.455. The molecule has 0 aliphatic heterocycles. The highest BCUT2D eigenvalue weighted by molar-refractivity contribution is 5.85. The first kappa shape index (κ1) is 23.8. The van der Waals surface area contributed by atoms with Gasteiger partial charge in [0, 0.05) is 24.4 Å². The van der Waals surface area contributed by atoms with Crippen LogP contribution in [0.15, 0.2) is 48.5 Å². The number of carboxylic acids is 1. The number of rotatable bonds is 8. The molecule has 8 heteroatoms. The summed E-state index contributed by atoms with van der Waals surface area (Å²) in [5.74, 6) is -1.69. The topological polar surface area (TPSA) is 108 Å². The molecule has 0 heterocycles. The summed E-state index contributed by atoms with van der Waals surface area (Å²) in [6, 6.07) is 15.2. The van der Waals surface area contributed by atoms with E-state index in [1.807, 2.05) is 24.3 Å². The van der Waals surface area contributed by atoms with E-state index in [1.165, 1.54) is 11.1 Å². The number of amides is 2. The Bertz CT molecular complexity index is 1020. The standard InChI is InChI=1S/C26H31N3O5/c1-29(2)14-23(25(31)32)28-24(30)16-11-12-17(13-16)27-26(33)34-15-22-20-9-5-3-7-18(20)19-8-4-6-10-21(19)22/h3-10,16-17,22-23H,11-15H2,1-2H3,(H,27,33)(H,28,30)(H,31,32)/t16-,17+,23?/m1/s1. The van der Waals surface area contributed by atoms with E-state index < -0.39 is 18.1 Å². The maximum absolute atomic E-state index is 12.6. The predicted octanol–water partition coefficient (Wildman–Crippen LogP) is 2.82. The van der Waals surface area contributed by atoms with E-state index in [1.54, 1.807) is 19.0 Å². The molecule has 2 aliphatic carbocycles. The van der Waals surface area contributed by atoms with Gasteiger partial charge in [0.1, 0.15) is 12.6 Å². The number of fused-ring (bicyclic) bond motifs is 3. The van der Waals surface area contributed by atoms with Gasteiger partial charge in [-0.3, -0.25) is 4.79 Å². The molecule has 3 N–H and O–H groups in total. The summed E-state index contributed by atoms with van der Waals surface area (Å²) in [4.78, 5) is 38.2. The maximum atomic E-state index is 12.6. The minimum absolute atomic E-state index is 0.00935. The molecule has 2 aliphatic rings. The van der Waals surface area contributed by atoms with Crippen LogP contribution in [-0.2, 0) is 14.3 Å². The molecule has 2 aromatic rings. The van der Waals surface area contributed by atoms with E-state index in [-0.39, 0.29) is 36.9 Å². The summed E-state index contributed by atoms with van der Waals surface area (Å²) in [7, 11) is 3.51. The van der Waals surface area contributed by atoms with Crippen molar-refractivity contribution in [2.45, 2.75) is 37.3 Å². The van der Waals surface area contributed by atoms with Gasteiger partial charge in [-0.2, -0.15) is 0 Å². The maximum Gasteiger partial charge on any atom is 0.407 e. The lowest BCUT2D eigenvalue weighted by molar-refractivity contribution is -0.142. The molecule has 0 bridgehead atoms. The normalized spacial score (nSPS) is 19.9. The number of carbonyl (C=O) groups is 3. The fourth-order valence-corrected chi connectivity index (χ4v) is 5.00. The zero-order chi connectivity index (χ0) is 24.2. The molecule has 2 aromatic carbocycles. The Kier molecular flexibility index (Phi) is 7.17. The molecule has 34 heavy (non-hydrogen) atoms. The van der Waals surface area contributed by atoms with Gasteiger partial charge in [-0.25, -0.2) is 9.59 Å². The molecule has 0 aromatic heterocycles. The highest BCUT2D eigenvalue weighted by atomic mass is 16.5. The van der Waals surface area contributed by atoms with E-state index >= 15 is 0 Å². The third kappa shape index (κ3) is 5.22. The molecular formula is C26H31N3O5. The molecule has 0 spiro atoms. The lowest BCUT2D eigenvalue weighted by atomic mass is 9.98. The van der Waals surface area contributed by atoms with Gasteiger partial charge in [0.15, 0.2) is 0 Å². The highest BCUT2D eigenvalue weighted by Crippen LogP contribution is 2.44. The molecule has 1 fully saturated rings. The summed E-state index contributed by atoms with van der Waals surface area (Å²) in [5, 5.41) is 14.8. The van der Waals surface area contributed by atoms with Crippen molar-refractivity contribution >= 4 is 18.0 Å². The lowest BCUT2D eigenvalue weighted by Gasteiger charge is -2.20. The van der Waals surface area contributed by atoms with Gasteiger partial charge in [-0.15, -0.1) is 0 Å². The van der Waals surface area contributed by atoms with Crippen LogP contribution in [0.25, 0.3) is 11.1 Å². The van der Waals surface area contributed by atoms with Crippen molar-refractivity contribution in [3.8, 4) is 11.1 Å². The second kappa shape index (κ2) is 10.3. The van der Waals surface area contributed by atoms with Gasteiger partial charge in [0.25, 0.3) is 0 Å². The highest BCUT2D eigenvalue weighted by Gasteiger charge is 2.34. The monoisotopic (exact) mass is 465 g/mol. The van der Waals surface area contributed by atoms with Crippen LogP contribution in [0.3, 0.4) is 0 Å². The van der Waals surface area contributed by atoms with Gasteiger partial charge in [0.2, 0.25) is 5.91 Å². The van der Waals surface area contributed by atoms with Crippen LogP contribution in [0, 0.1) is 5.92 Å². The number of ether oxygens (including phenoxy) is 1. The second-order valence-electron chi connectivity index (χ2n) is 9.34. The number of carbonyl (C=O) groups excluding carboxylic acids is 2. The average Bonchev–Trinajstić information content (AvgIpc) is 3.39. The number of likely N-dealkylation sites (N-methyl/N-ethyl adjacent to an activating group) is 1. The summed E-state index contributed by atoms with van der Waals surface area (Å²) in [5.41, 5.74) is 4.65. The minimum atomic E-state index is -1.06. The van der Waals surface area contributed by atoms with Crippen LogP contribution >= 0.6 is 0 Å². The lowest BCUT2D eigenvalue weighted by Crippen LogP contribution is -2.48. The Morgan fingerprint density at radius 3 is 2.24 bits per heavy atom. The molecule has 0 saturated heterocycles. The van der Waals surface area contributed by atoms with E-state index in [0.29, 0.717) is 19.3 Å². The van der Waals surface area contributed by atoms with Gasteiger partial charge in [-0.05, 0) is 55.6 Å². The molecule has 1 saturated carbocycles. The van der Waals surface area contributed by atoms with Crippen molar-refractivity contribution in [2.75, 3.05) is 27.2 Å². The Balaban J connectivity index is 1.29. The van der Waals surface area contributed by atoms with Crippen LogP contribution in [0.5, 0.6) is 0 Å². The molecule has 8 nitrogen and oxygen atoms in total. The van der Waals surface area contributed by atoms with Crippen molar-refractivity contribution < 1.29 is 24.2 Å². The third-order valence-electron chi connectivity index (χ3n) is 6.63. The number of benzene rings is 2. The molecule has 1 unspecified atom stereocenters. The molecule has 180 valence electrons. The van der Waals surface area contributed by atoms with Crippen LogP contribution in [0.1, 0.15) is 36.3 Å². The summed E-state index contributed by atoms with van der Waals surface area (Å²) < 4.78 is 5.60. The average molecular weight is 466 g/mol. The molecule has 2 amide bonds. The molecule has 3 atom stereocenters. The van der Waals surface area contributed by atoms with E-state index in [4.69, 9.17) is 4.74 Å². The van der Waals surface area contributed by atoms with Gasteiger partial charge < -0.3 is 25.4 Å². The van der Waals surface area contributed by atoms with Crippen molar-refractivity contribution in [1.29, 1.82) is 0 Å². The first-order valence-corrected chi connectivity index (χ1v) is 11.6. The Hall–Kier alpha value is -3.39. The fraction of sp³-hybridized carbons (Fsp3) is 0.423. The molecule has 4 rings (SSSR count). The quantitative estimate of drug-likeness (QED) is 0.553. The third-order valence-corrected chi connectivity index (χ3v) is 6.63. The minimum Gasteiger partial charge on any atom is -0.480 e. The Labute approximate surface area is 199 Å². The fourth-order valence-electron chi connectivity index (χ4n) is 5.00. The Morgan fingerprint density at radius 1 is 1.03 bits per heavy atom. The number of carboxylic acid groups (broad SMARTS) is 1. The molecule has 0 radical (unpaired) electrons. The van der Waals surface area contributed by atoms with Gasteiger partial charge in [-0.1, -0.05) is 48.5 Å². The largest absolute Gasteiger partial charge is 0.480 e. The van der Waals surface area contributed by atoms with Crippen molar-refractivity contribution in [3.05, 3.63) is 59.7 Å². The first-order chi connectivity index (χ1) is 16.3. The SMILES string of the molecule is CN(C)CC(NC(=O)[C@@H]1CC[C@H](NC(=O)OCC2c3ccccc3-c3ccccc32)C1)C(=O)O. The van der Waals surface area contributed by atoms with Crippen molar-refractivity contribution in [1.82, 2.24) is 15.5 Å². The Morgan fingerprint density at radius 2 is 1.65 bits per heavy atom. The molecular weight excluding hydrogens is 434 g/mol. The summed E-state index contributed by atoms with van der Waals surface area (Å²) >= 11 is 0. The van der Waals surface area contributed by atoms with E-state index in [0.717, 1.165) is 11.1 Å². The number of nitrogens with one attached hydrogen (secondary N) is 2. The second-order valence-corrected chi connectivity index (χ2v) is 9.34. The van der Waals surface area contributed by atoms with E-state index in [9.17, 15) is 19.5 Å². The zero-order valence-electron chi connectivity index (χ0n) is 19.5. The summed E-state index contributed by atoms with van der Waals surface area (Å²) in [6.07, 6.45) is 1.20. The zero-order valence-corrected chi connectivity index (χ0v) is 19.5. The number of nitrogens with zero attached hydrogens (tertiary/aromatic N) is 1. The smallest absolute Gasteiger partial charge is 0.407 e. The van der Waals surface area contributed by atoms with Gasteiger partial charge in [0.05, 0.1) is 0 Å².